The van der Waals surface area contributed by atoms with Gasteiger partial charge in [-0.3, -0.25) is 0 Å². The molecule has 0 saturated carbocycles. The van der Waals surface area contributed by atoms with Crippen LogP contribution >= 0.6 is 0 Å². The first-order valence-corrected chi connectivity index (χ1v) is 10.2. The van der Waals surface area contributed by atoms with Crippen LogP contribution in [0.25, 0.3) is 0 Å². The molecule has 0 unspecified atom stereocenters. The maximum atomic E-state index is 12.4. The van der Waals surface area contributed by atoms with E-state index in [1.807, 2.05) is 60.7 Å². The molecule has 0 fully saturated rings. The Bertz CT molecular complexity index is 872. The average molecular weight is 426 g/mol. The Morgan fingerprint density at radius 1 is 1.00 bits per heavy atom. The van der Waals surface area contributed by atoms with Gasteiger partial charge in [-0.05, 0) is 44.4 Å². The standard InChI is InChI=1S/C25H31NO5/c1-25(2,3)31-24(29)26-21(16-19-13-9-6-10-14-19)22(27)17-20(23(28)30-4)15-18-11-7-5-8-12-18/h5-14,17,21-22,27H,15-16H2,1-4H3,(H,26,29)/b20-17+/t21-,22-/m0/s1. The summed E-state index contributed by atoms with van der Waals surface area (Å²) in [7, 11) is 1.30. The van der Waals surface area contributed by atoms with Crippen LogP contribution in [0.2, 0.25) is 0 Å². The lowest BCUT2D eigenvalue weighted by Crippen LogP contribution is -2.46. The van der Waals surface area contributed by atoms with Crippen molar-refractivity contribution >= 4 is 12.1 Å². The van der Waals surface area contributed by atoms with Crippen LogP contribution in [0.1, 0.15) is 31.9 Å². The molecule has 2 N–H and O–H groups in total. The lowest BCUT2D eigenvalue weighted by Gasteiger charge is -2.26. The van der Waals surface area contributed by atoms with E-state index >= 15 is 0 Å². The van der Waals surface area contributed by atoms with Gasteiger partial charge >= 0.3 is 12.1 Å². The zero-order valence-electron chi connectivity index (χ0n) is 18.5. The SMILES string of the molecule is COC(=O)/C(=C/[C@H](O)[C@H](Cc1ccccc1)NC(=O)OC(C)(C)C)Cc1ccccc1. The van der Waals surface area contributed by atoms with Crippen LogP contribution in [0.3, 0.4) is 0 Å². The number of aliphatic hydroxyl groups excluding tert-OH is 1. The zero-order chi connectivity index (χ0) is 22.9. The maximum absolute atomic E-state index is 12.4. The third-order valence-electron chi connectivity index (χ3n) is 4.47. The minimum absolute atomic E-state index is 0.301. The van der Waals surface area contributed by atoms with Crippen molar-refractivity contribution in [2.75, 3.05) is 7.11 Å². The van der Waals surface area contributed by atoms with E-state index in [9.17, 15) is 14.7 Å². The molecule has 166 valence electrons. The van der Waals surface area contributed by atoms with Crippen molar-refractivity contribution in [3.05, 3.63) is 83.4 Å². The van der Waals surface area contributed by atoms with Gasteiger partial charge in [-0.15, -0.1) is 0 Å². The van der Waals surface area contributed by atoms with Crippen LogP contribution in [0, 0.1) is 0 Å². The van der Waals surface area contributed by atoms with E-state index in [1.54, 1.807) is 20.8 Å². The predicted octanol–water partition coefficient (Wildman–Crippen LogP) is 3.83. The number of rotatable bonds is 8. The molecular formula is C25H31NO5. The number of alkyl carbamates (subject to hydrolysis) is 1. The van der Waals surface area contributed by atoms with Crippen molar-refractivity contribution in [1.82, 2.24) is 5.32 Å². The molecule has 0 aliphatic rings. The van der Waals surface area contributed by atoms with E-state index in [1.165, 1.54) is 13.2 Å². The van der Waals surface area contributed by atoms with E-state index in [0.717, 1.165) is 11.1 Å². The van der Waals surface area contributed by atoms with Gasteiger partial charge in [0.2, 0.25) is 0 Å². The Morgan fingerprint density at radius 3 is 2.06 bits per heavy atom. The fourth-order valence-corrected chi connectivity index (χ4v) is 3.05. The summed E-state index contributed by atoms with van der Waals surface area (Å²) in [6.45, 7) is 5.30. The summed E-state index contributed by atoms with van der Waals surface area (Å²) in [5, 5.41) is 13.7. The van der Waals surface area contributed by atoms with E-state index in [-0.39, 0.29) is 0 Å². The number of carbonyl (C=O) groups is 2. The lowest BCUT2D eigenvalue weighted by molar-refractivity contribution is -0.136. The number of methoxy groups -OCH3 is 1. The smallest absolute Gasteiger partial charge is 0.407 e. The molecule has 1 amide bonds. The van der Waals surface area contributed by atoms with E-state index < -0.39 is 29.8 Å². The first-order valence-electron chi connectivity index (χ1n) is 10.2. The molecular weight excluding hydrogens is 394 g/mol. The van der Waals surface area contributed by atoms with Crippen LogP contribution in [0.5, 0.6) is 0 Å². The van der Waals surface area contributed by atoms with Gasteiger partial charge in [0.25, 0.3) is 0 Å². The van der Waals surface area contributed by atoms with E-state index in [4.69, 9.17) is 9.47 Å². The number of benzene rings is 2. The molecule has 2 atom stereocenters. The summed E-state index contributed by atoms with van der Waals surface area (Å²) in [5.41, 5.74) is 1.47. The Hall–Kier alpha value is -3.12. The fraction of sp³-hybridized carbons (Fsp3) is 0.360. The van der Waals surface area contributed by atoms with Gasteiger partial charge < -0.3 is 19.9 Å². The van der Waals surface area contributed by atoms with Gasteiger partial charge in [0.1, 0.15) is 5.60 Å². The first kappa shape index (κ1) is 24.2. The second-order valence-corrected chi connectivity index (χ2v) is 8.28. The maximum Gasteiger partial charge on any atom is 0.407 e. The highest BCUT2D eigenvalue weighted by Gasteiger charge is 2.25. The Morgan fingerprint density at radius 2 is 1.55 bits per heavy atom. The molecule has 0 aromatic heterocycles. The molecule has 2 rings (SSSR count). The van der Waals surface area contributed by atoms with Gasteiger partial charge in [-0.25, -0.2) is 9.59 Å². The van der Waals surface area contributed by atoms with Crippen molar-refractivity contribution in [2.24, 2.45) is 0 Å². The Labute approximate surface area is 183 Å². The number of nitrogens with one attached hydrogen (secondary N) is 1. The fourth-order valence-electron chi connectivity index (χ4n) is 3.05. The quantitative estimate of drug-likeness (QED) is 0.496. The van der Waals surface area contributed by atoms with Gasteiger partial charge in [0.15, 0.2) is 0 Å². The van der Waals surface area contributed by atoms with Gasteiger partial charge in [-0.1, -0.05) is 60.7 Å². The highest BCUT2D eigenvalue weighted by atomic mass is 16.6. The molecule has 0 aliphatic carbocycles. The largest absolute Gasteiger partial charge is 0.466 e. The molecule has 0 saturated heterocycles. The highest BCUT2D eigenvalue weighted by molar-refractivity contribution is 5.89. The average Bonchev–Trinajstić information content (AvgIpc) is 2.72. The molecule has 0 aliphatic heterocycles. The predicted molar refractivity (Wildman–Crippen MR) is 120 cm³/mol. The highest BCUT2D eigenvalue weighted by Crippen LogP contribution is 2.15. The summed E-state index contributed by atoms with van der Waals surface area (Å²) in [6.07, 6.45) is 0.338. The van der Waals surface area contributed by atoms with Gasteiger partial charge in [0.05, 0.1) is 19.3 Å². The molecule has 0 bridgehead atoms. The topological polar surface area (TPSA) is 84.9 Å². The lowest BCUT2D eigenvalue weighted by atomic mass is 9.97. The number of aliphatic hydroxyl groups is 1. The second kappa shape index (κ2) is 11.3. The molecule has 0 spiro atoms. The number of amides is 1. The van der Waals surface area contributed by atoms with Crippen molar-refractivity contribution in [1.29, 1.82) is 0 Å². The first-order chi connectivity index (χ1) is 14.7. The van der Waals surface area contributed by atoms with Crippen LogP contribution in [0.15, 0.2) is 72.3 Å². The third kappa shape index (κ3) is 8.64. The Kier molecular flexibility index (Phi) is 8.82. The number of ether oxygens (including phenoxy) is 2. The third-order valence-corrected chi connectivity index (χ3v) is 4.47. The summed E-state index contributed by atoms with van der Waals surface area (Å²) in [6, 6.07) is 18.2. The number of hydrogen-bond acceptors (Lipinski definition) is 5. The van der Waals surface area contributed by atoms with Crippen molar-refractivity contribution in [3.8, 4) is 0 Å². The second-order valence-electron chi connectivity index (χ2n) is 8.28. The van der Waals surface area contributed by atoms with Gasteiger partial charge in [-0.2, -0.15) is 0 Å². The minimum atomic E-state index is -1.13. The van der Waals surface area contributed by atoms with Crippen molar-refractivity contribution < 1.29 is 24.2 Å². The number of esters is 1. The normalized spacial score (nSPS) is 13.8. The van der Waals surface area contributed by atoms with Crippen molar-refractivity contribution in [2.45, 2.75) is 51.4 Å². The molecule has 6 heteroatoms. The molecule has 0 radical (unpaired) electrons. The minimum Gasteiger partial charge on any atom is -0.466 e. The van der Waals surface area contributed by atoms with Crippen LogP contribution in [-0.2, 0) is 27.1 Å². The Balaban J connectivity index is 2.27. The van der Waals surface area contributed by atoms with Crippen LogP contribution in [0.4, 0.5) is 4.79 Å². The van der Waals surface area contributed by atoms with E-state index in [2.05, 4.69) is 5.32 Å². The molecule has 2 aromatic rings. The molecule has 2 aromatic carbocycles. The zero-order valence-corrected chi connectivity index (χ0v) is 18.5. The van der Waals surface area contributed by atoms with E-state index in [0.29, 0.717) is 18.4 Å². The molecule has 6 nitrogen and oxygen atoms in total. The number of hydrogen-bond donors (Lipinski definition) is 2. The van der Waals surface area contributed by atoms with Crippen molar-refractivity contribution in [3.63, 3.8) is 0 Å². The summed E-state index contributed by atoms with van der Waals surface area (Å²) in [4.78, 5) is 24.7. The molecule has 31 heavy (non-hydrogen) atoms. The van der Waals surface area contributed by atoms with Gasteiger partial charge in [0, 0.05) is 12.0 Å². The van der Waals surface area contributed by atoms with Crippen LogP contribution < -0.4 is 5.32 Å². The monoisotopic (exact) mass is 425 g/mol. The molecule has 0 heterocycles. The summed E-state index contributed by atoms with van der Waals surface area (Å²) in [5.74, 6) is -0.529. The van der Waals surface area contributed by atoms with Crippen LogP contribution in [-0.4, -0.2) is 42.0 Å². The summed E-state index contributed by atoms with van der Waals surface area (Å²) < 4.78 is 10.3. The summed E-state index contributed by atoms with van der Waals surface area (Å²) >= 11 is 0. The number of carbonyl (C=O) groups excluding carboxylic acids is 2.